The van der Waals surface area contributed by atoms with E-state index in [0.717, 1.165) is 6.07 Å². The first-order chi connectivity index (χ1) is 9.74. The lowest BCUT2D eigenvalue weighted by molar-refractivity contribution is 0.145. The molecule has 0 atom stereocenters. The SMILES string of the molecule is CCS(=O)(=O)c1nc(-c2cn(C)nc2C)cc(C(F)F)n1. The number of alkyl halides is 2. The highest BCUT2D eigenvalue weighted by Crippen LogP contribution is 2.26. The molecule has 0 spiro atoms. The van der Waals surface area contributed by atoms with Gasteiger partial charge in [-0.05, 0) is 13.0 Å². The summed E-state index contributed by atoms with van der Waals surface area (Å²) in [7, 11) is -2.10. The molecular formula is C12H14F2N4O2S. The predicted octanol–water partition coefficient (Wildman–Crippen LogP) is 1.92. The molecule has 0 aliphatic heterocycles. The van der Waals surface area contributed by atoms with Crippen molar-refractivity contribution in [2.75, 3.05) is 5.75 Å². The van der Waals surface area contributed by atoms with Crippen LogP contribution in [0.4, 0.5) is 8.78 Å². The van der Waals surface area contributed by atoms with Gasteiger partial charge in [-0.3, -0.25) is 4.68 Å². The largest absolute Gasteiger partial charge is 0.280 e. The molecule has 0 aromatic carbocycles. The Morgan fingerprint density at radius 3 is 2.48 bits per heavy atom. The van der Waals surface area contributed by atoms with E-state index in [2.05, 4.69) is 15.1 Å². The van der Waals surface area contributed by atoms with Crippen molar-refractivity contribution in [1.82, 2.24) is 19.7 Å². The van der Waals surface area contributed by atoms with Gasteiger partial charge in [-0.15, -0.1) is 0 Å². The summed E-state index contributed by atoms with van der Waals surface area (Å²) in [5.41, 5.74) is 0.568. The number of sulfone groups is 1. The maximum atomic E-state index is 12.9. The van der Waals surface area contributed by atoms with E-state index in [9.17, 15) is 17.2 Å². The minimum atomic E-state index is -3.77. The molecule has 0 unspecified atom stereocenters. The lowest BCUT2D eigenvalue weighted by atomic mass is 10.2. The second-order valence-corrected chi connectivity index (χ2v) is 6.64. The molecule has 2 rings (SSSR count). The summed E-state index contributed by atoms with van der Waals surface area (Å²) in [4.78, 5) is 7.38. The van der Waals surface area contributed by atoms with Crippen molar-refractivity contribution >= 4 is 9.84 Å². The van der Waals surface area contributed by atoms with E-state index in [1.807, 2.05) is 0 Å². The number of hydrogen-bond acceptors (Lipinski definition) is 5. The van der Waals surface area contributed by atoms with Crippen molar-refractivity contribution < 1.29 is 17.2 Å². The fraction of sp³-hybridized carbons (Fsp3) is 0.417. The van der Waals surface area contributed by atoms with Crippen LogP contribution in [0.1, 0.15) is 24.7 Å². The first-order valence-electron chi connectivity index (χ1n) is 6.15. The van der Waals surface area contributed by atoms with Gasteiger partial charge >= 0.3 is 0 Å². The molecule has 2 heterocycles. The number of hydrogen-bond donors (Lipinski definition) is 0. The molecule has 0 aliphatic carbocycles. The first kappa shape index (κ1) is 15.5. The Morgan fingerprint density at radius 1 is 1.33 bits per heavy atom. The molecule has 6 nitrogen and oxygen atoms in total. The molecule has 2 aromatic heterocycles. The van der Waals surface area contributed by atoms with Gasteiger partial charge in [0.1, 0.15) is 5.69 Å². The summed E-state index contributed by atoms with van der Waals surface area (Å²) >= 11 is 0. The van der Waals surface area contributed by atoms with Gasteiger partial charge in [0, 0.05) is 18.8 Å². The zero-order valence-corrected chi connectivity index (χ0v) is 12.5. The number of aromatic nitrogens is 4. The van der Waals surface area contributed by atoms with Crippen LogP contribution in [0.2, 0.25) is 0 Å². The fourth-order valence-electron chi connectivity index (χ4n) is 1.81. The standard InChI is InChI=1S/C12H14F2N4O2S/c1-4-21(19,20)12-15-9(5-10(16-12)11(13)14)8-6-18(3)17-7(8)2/h5-6,11H,4H2,1-3H3. The van der Waals surface area contributed by atoms with E-state index in [4.69, 9.17) is 0 Å². The van der Waals surface area contributed by atoms with Crippen LogP contribution in [-0.2, 0) is 16.9 Å². The summed E-state index contributed by atoms with van der Waals surface area (Å²) in [6.07, 6.45) is -1.29. The zero-order valence-electron chi connectivity index (χ0n) is 11.7. The van der Waals surface area contributed by atoms with Crippen molar-refractivity contribution in [3.63, 3.8) is 0 Å². The third-order valence-electron chi connectivity index (χ3n) is 2.90. The normalized spacial score (nSPS) is 12.1. The van der Waals surface area contributed by atoms with E-state index in [1.165, 1.54) is 11.6 Å². The average molecular weight is 316 g/mol. The van der Waals surface area contributed by atoms with Crippen LogP contribution in [0.3, 0.4) is 0 Å². The molecule has 2 aromatic rings. The van der Waals surface area contributed by atoms with E-state index >= 15 is 0 Å². The lowest BCUT2D eigenvalue weighted by Gasteiger charge is -2.07. The quantitative estimate of drug-likeness (QED) is 0.805. The van der Waals surface area contributed by atoms with Crippen molar-refractivity contribution in [2.45, 2.75) is 25.4 Å². The Balaban J connectivity index is 2.69. The van der Waals surface area contributed by atoms with Crippen molar-refractivity contribution in [1.29, 1.82) is 0 Å². The van der Waals surface area contributed by atoms with Crippen molar-refractivity contribution in [3.8, 4) is 11.3 Å². The van der Waals surface area contributed by atoms with Crippen LogP contribution in [0.15, 0.2) is 17.4 Å². The smallest absolute Gasteiger partial charge is 0.275 e. The maximum absolute atomic E-state index is 12.9. The van der Waals surface area contributed by atoms with E-state index in [-0.39, 0.29) is 11.4 Å². The molecule has 0 fully saturated rings. The second kappa shape index (κ2) is 5.47. The zero-order chi connectivity index (χ0) is 15.8. The van der Waals surface area contributed by atoms with Gasteiger partial charge in [-0.2, -0.15) is 5.10 Å². The highest BCUT2D eigenvalue weighted by Gasteiger charge is 2.22. The highest BCUT2D eigenvalue weighted by atomic mass is 32.2. The lowest BCUT2D eigenvalue weighted by Crippen LogP contribution is -2.11. The van der Waals surface area contributed by atoms with Crippen LogP contribution in [0, 0.1) is 6.92 Å². The topological polar surface area (TPSA) is 77.7 Å². The van der Waals surface area contributed by atoms with Crippen LogP contribution < -0.4 is 0 Å². The number of aryl methyl sites for hydroxylation is 2. The number of halogens is 2. The summed E-state index contributed by atoms with van der Waals surface area (Å²) in [5.74, 6) is -0.259. The molecule has 0 amide bonds. The second-order valence-electron chi connectivity index (χ2n) is 4.47. The molecule has 0 N–H and O–H groups in total. The van der Waals surface area contributed by atoms with Crippen molar-refractivity contribution in [2.24, 2.45) is 7.05 Å². The monoisotopic (exact) mass is 316 g/mol. The van der Waals surface area contributed by atoms with Crippen LogP contribution >= 0.6 is 0 Å². The Labute approximate surface area is 120 Å². The van der Waals surface area contributed by atoms with Gasteiger partial charge in [-0.1, -0.05) is 6.92 Å². The van der Waals surface area contributed by atoms with Crippen LogP contribution in [-0.4, -0.2) is 33.9 Å². The van der Waals surface area contributed by atoms with Crippen LogP contribution in [0.5, 0.6) is 0 Å². The molecule has 9 heteroatoms. The Bertz CT molecular complexity index is 772. The van der Waals surface area contributed by atoms with Crippen molar-refractivity contribution in [3.05, 3.63) is 23.7 Å². The Morgan fingerprint density at radius 2 is 2.00 bits per heavy atom. The Kier molecular flexibility index (Phi) is 4.04. The number of rotatable bonds is 4. The van der Waals surface area contributed by atoms with Crippen LogP contribution in [0.25, 0.3) is 11.3 Å². The maximum Gasteiger partial charge on any atom is 0.280 e. The first-order valence-corrected chi connectivity index (χ1v) is 7.80. The minimum Gasteiger partial charge on any atom is -0.275 e. The average Bonchev–Trinajstić information content (AvgIpc) is 2.77. The van der Waals surface area contributed by atoms with Gasteiger partial charge in [0.15, 0.2) is 0 Å². The van der Waals surface area contributed by atoms with Gasteiger partial charge in [0.2, 0.25) is 15.0 Å². The highest BCUT2D eigenvalue weighted by molar-refractivity contribution is 7.91. The summed E-state index contributed by atoms with van der Waals surface area (Å²) in [6, 6.07) is 1.09. The van der Waals surface area contributed by atoms with Gasteiger partial charge < -0.3 is 0 Å². The summed E-state index contributed by atoms with van der Waals surface area (Å²) in [6.45, 7) is 3.09. The third kappa shape index (κ3) is 3.07. The molecule has 21 heavy (non-hydrogen) atoms. The molecule has 0 radical (unpaired) electrons. The molecule has 0 saturated heterocycles. The minimum absolute atomic E-state index is 0.123. The molecule has 0 saturated carbocycles. The Hall–Kier alpha value is -1.90. The summed E-state index contributed by atoms with van der Waals surface area (Å²) in [5, 5.41) is 3.51. The number of nitrogens with zero attached hydrogens (tertiary/aromatic N) is 4. The predicted molar refractivity (Wildman–Crippen MR) is 71.7 cm³/mol. The van der Waals surface area contributed by atoms with Gasteiger partial charge in [0.25, 0.3) is 6.43 Å². The molecular weight excluding hydrogens is 302 g/mol. The summed E-state index contributed by atoms with van der Waals surface area (Å²) < 4.78 is 51.1. The van der Waals surface area contributed by atoms with E-state index in [1.54, 1.807) is 20.2 Å². The molecule has 0 bridgehead atoms. The third-order valence-corrected chi connectivity index (χ3v) is 4.40. The van der Waals surface area contributed by atoms with Gasteiger partial charge in [-0.25, -0.2) is 27.2 Å². The van der Waals surface area contributed by atoms with E-state index < -0.39 is 27.1 Å². The molecule has 114 valence electrons. The fourth-order valence-corrected chi connectivity index (χ4v) is 2.55. The van der Waals surface area contributed by atoms with E-state index in [0.29, 0.717) is 11.3 Å². The molecule has 0 aliphatic rings. The van der Waals surface area contributed by atoms with Gasteiger partial charge in [0.05, 0.1) is 17.1 Å².